The van der Waals surface area contributed by atoms with Crippen LogP contribution in [0.4, 0.5) is 9.18 Å². The maximum absolute atomic E-state index is 13.1. The van der Waals surface area contributed by atoms with E-state index < -0.39 is 29.6 Å². The van der Waals surface area contributed by atoms with E-state index in [1.54, 1.807) is 61.5 Å². The molecule has 1 amide bonds. The minimum Gasteiger partial charge on any atom is -0.465 e. The molecule has 1 saturated heterocycles. The van der Waals surface area contributed by atoms with Gasteiger partial charge in [-0.25, -0.2) is 14.0 Å². The van der Waals surface area contributed by atoms with Crippen LogP contribution in [0.1, 0.15) is 24.3 Å². The van der Waals surface area contributed by atoms with Gasteiger partial charge >= 0.3 is 12.1 Å². The van der Waals surface area contributed by atoms with E-state index in [-0.39, 0.29) is 6.42 Å². The van der Waals surface area contributed by atoms with E-state index in [0.717, 1.165) is 22.2 Å². The first kappa shape index (κ1) is 19.6. The van der Waals surface area contributed by atoms with Crippen LogP contribution in [0.5, 0.6) is 0 Å². The number of carboxylic acid groups (broad SMARTS) is 1. The molecule has 1 aliphatic heterocycles. The summed E-state index contributed by atoms with van der Waals surface area (Å²) >= 11 is 0. The Kier molecular flexibility index (Phi) is 4.95. The minimum atomic E-state index is -1.37. The van der Waals surface area contributed by atoms with Gasteiger partial charge in [0.05, 0.1) is 11.9 Å². The van der Waals surface area contributed by atoms with Crippen LogP contribution in [0.15, 0.2) is 72.9 Å². The van der Waals surface area contributed by atoms with E-state index in [1.807, 2.05) is 6.07 Å². The predicted molar refractivity (Wildman–Crippen MR) is 107 cm³/mol. The Morgan fingerprint density at radius 1 is 1.13 bits per heavy atom. The van der Waals surface area contributed by atoms with Gasteiger partial charge in [0.2, 0.25) is 6.23 Å². The van der Waals surface area contributed by atoms with Gasteiger partial charge in [0.25, 0.3) is 0 Å². The third-order valence-electron chi connectivity index (χ3n) is 5.24. The predicted octanol–water partition coefficient (Wildman–Crippen LogP) is 4.42. The maximum Gasteiger partial charge on any atom is 0.411 e. The van der Waals surface area contributed by atoms with Crippen molar-refractivity contribution >= 4 is 12.1 Å². The zero-order chi connectivity index (χ0) is 21.3. The molecule has 0 bridgehead atoms. The van der Waals surface area contributed by atoms with Crippen molar-refractivity contribution in [1.82, 2.24) is 9.88 Å². The molecular formula is C23H19FN2O4. The second-order valence-corrected chi connectivity index (χ2v) is 7.33. The zero-order valence-electron chi connectivity index (χ0n) is 16.2. The highest BCUT2D eigenvalue weighted by Gasteiger charge is 2.55. The molecule has 4 rings (SSSR count). The first-order valence-corrected chi connectivity index (χ1v) is 9.38. The highest BCUT2D eigenvalue weighted by atomic mass is 19.1. The molecule has 2 unspecified atom stereocenters. The molecule has 1 fully saturated rings. The molecule has 0 radical (unpaired) electrons. The number of cyclic esters (lactones) is 1. The summed E-state index contributed by atoms with van der Waals surface area (Å²) in [6, 6.07) is 18.9. The highest BCUT2D eigenvalue weighted by molar-refractivity contribution is 5.88. The molecule has 3 aromatic rings. The summed E-state index contributed by atoms with van der Waals surface area (Å²) in [5.74, 6) is -1.01. The molecule has 6 nitrogen and oxygen atoms in total. The molecule has 1 aliphatic rings. The molecule has 0 spiro atoms. The fourth-order valence-electron chi connectivity index (χ4n) is 3.68. The number of nitrogens with zero attached hydrogens (tertiary/aromatic N) is 2. The molecule has 152 valence electrons. The molecule has 2 heterocycles. The average Bonchev–Trinajstić information content (AvgIpc) is 3.00. The van der Waals surface area contributed by atoms with Gasteiger partial charge in [-0.1, -0.05) is 54.6 Å². The molecule has 7 heteroatoms. The molecule has 1 N–H and O–H groups in total. The number of hydrogen-bond acceptors (Lipinski definition) is 4. The fourth-order valence-corrected chi connectivity index (χ4v) is 3.68. The average molecular weight is 406 g/mol. The lowest BCUT2D eigenvalue weighted by atomic mass is 9.91. The number of benzene rings is 2. The molecule has 1 aromatic heterocycles. The number of aromatic nitrogens is 1. The fraction of sp³-hybridized carbons (Fsp3) is 0.174. The Morgan fingerprint density at radius 3 is 2.43 bits per heavy atom. The van der Waals surface area contributed by atoms with E-state index in [1.165, 1.54) is 6.07 Å². The second kappa shape index (κ2) is 7.59. The molecule has 0 aliphatic carbocycles. The summed E-state index contributed by atoms with van der Waals surface area (Å²) in [6.45, 7) is 1.57. The molecular weight excluding hydrogens is 387 g/mol. The lowest BCUT2D eigenvalue weighted by Gasteiger charge is -2.31. The third-order valence-corrected chi connectivity index (χ3v) is 5.24. The zero-order valence-corrected chi connectivity index (χ0v) is 16.2. The van der Waals surface area contributed by atoms with Gasteiger partial charge in [0.1, 0.15) is 11.4 Å². The highest BCUT2D eigenvalue weighted by Crippen LogP contribution is 2.40. The number of halogens is 1. The van der Waals surface area contributed by atoms with E-state index >= 15 is 0 Å². The van der Waals surface area contributed by atoms with Crippen LogP contribution in [-0.4, -0.2) is 32.6 Å². The van der Waals surface area contributed by atoms with Crippen LogP contribution in [-0.2, 0) is 16.0 Å². The first-order chi connectivity index (χ1) is 14.4. The number of amides is 1. The monoisotopic (exact) mass is 406 g/mol. The topological polar surface area (TPSA) is 79.7 Å². The van der Waals surface area contributed by atoms with Gasteiger partial charge in [-0.3, -0.25) is 9.88 Å². The van der Waals surface area contributed by atoms with E-state index in [9.17, 15) is 19.1 Å². The Morgan fingerprint density at radius 2 is 1.83 bits per heavy atom. The number of ether oxygens (including phenoxy) is 1. The van der Waals surface area contributed by atoms with Crippen molar-refractivity contribution in [2.75, 3.05) is 0 Å². The first-order valence-electron chi connectivity index (χ1n) is 9.38. The van der Waals surface area contributed by atoms with Gasteiger partial charge in [0, 0.05) is 17.5 Å². The number of carbonyl (C=O) groups excluding carboxylic acids is 1. The van der Waals surface area contributed by atoms with Gasteiger partial charge in [-0.15, -0.1) is 0 Å². The Hall–Kier alpha value is -3.74. The second-order valence-electron chi connectivity index (χ2n) is 7.33. The van der Waals surface area contributed by atoms with Gasteiger partial charge < -0.3 is 9.84 Å². The summed E-state index contributed by atoms with van der Waals surface area (Å²) in [5.41, 5.74) is 1.39. The van der Waals surface area contributed by atoms with Crippen LogP contribution in [0.25, 0.3) is 11.3 Å². The number of hydrogen-bond donors (Lipinski definition) is 1. The SMILES string of the molecule is CC1(Cc2ccc(-c3ccc(F)cn3)cc2)C(=O)OC(c2ccccc2)N1C(=O)O. The molecule has 30 heavy (non-hydrogen) atoms. The van der Waals surface area contributed by atoms with Crippen molar-refractivity contribution in [2.24, 2.45) is 0 Å². The van der Waals surface area contributed by atoms with Crippen LogP contribution >= 0.6 is 0 Å². The molecule has 2 aromatic carbocycles. The van der Waals surface area contributed by atoms with Crippen molar-refractivity contribution in [3.8, 4) is 11.3 Å². The summed E-state index contributed by atoms with van der Waals surface area (Å²) in [7, 11) is 0. The lowest BCUT2D eigenvalue weighted by Crippen LogP contribution is -2.50. The number of pyridine rings is 1. The maximum atomic E-state index is 13.1. The summed E-state index contributed by atoms with van der Waals surface area (Å²) in [5, 5.41) is 9.85. The lowest BCUT2D eigenvalue weighted by molar-refractivity contribution is -0.145. The van der Waals surface area contributed by atoms with Crippen molar-refractivity contribution < 1.29 is 23.8 Å². The normalized spacial score (nSPS) is 20.8. The van der Waals surface area contributed by atoms with Crippen molar-refractivity contribution in [3.63, 3.8) is 0 Å². The minimum absolute atomic E-state index is 0.151. The number of esters is 1. The number of rotatable bonds is 4. The van der Waals surface area contributed by atoms with Crippen molar-refractivity contribution in [3.05, 3.63) is 89.9 Å². The standard InChI is InChI=1S/C23H19FN2O4/c1-23(13-15-7-9-16(10-8-15)19-12-11-18(24)14-25-19)21(27)30-20(26(23)22(28)29)17-5-3-2-4-6-17/h2-12,14,20H,13H2,1H3,(H,28,29). The Bertz CT molecular complexity index is 1070. The summed E-state index contributed by atoms with van der Waals surface area (Å²) in [4.78, 5) is 29.9. The van der Waals surface area contributed by atoms with Crippen LogP contribution < -0.4 is 0 Å². The van der Waals surface area contributed by atoms with E-state index in [2.05, 4.69) is 4.98 Å². The molecule has 0 saturated carbocycles. The van der Waals surface area contributed by atoms with Gasteiger partial charge in [0.15, 0.2) is 0 Å². The van der Waals surface area contributed by atoms with E-state index in [0.29, 0.717) is 11.3 Å². The summed E-state index contributed by atoms with van der Waals surface area (Å²) in [6.07, 6.45) is -0.931. The van der Waals surface area contributed by atoms with Crippen LogP contribution in [0.2, 0.25) is 0 Å². The Labute approximate surface area is 172 Å². The van der Waals surface area contributed by atoms with E-state index in [4.69, 9.17) is 4.74 Å². The van der Waals surface area contributed by atoms with Crippen molar-refractivity contribution in [2.45, 2.75) is 25.1 Å². The van der Waals surface area contributed by atoms with Crippen molar-refractivity contribution in [1.29, 1.82) is 0 Å². The van der Waals surface area contributed by atoms with Crippen LogP contribution in [0, 0.1) is 5.82 Å². The molecule has 2 atom stereocenters. The van der Waals surface area contributed by atoms with Crippen LogP contribution in [0.3, 0.4) is 0 Å². The Balaban J connectivity index is 1.61. The smallest absolute Gasteiger partial charge is 0.411 e. The largest absolute Gasteiger partial charge is 0.465 e. The summed E-state index contributed by atoms with van der Waals surface area (Å²) < 4.78 is 18.5. The quantitative estimate of drug-likeness (QED) is 0.649. The number of carbonyl (C=O) groups is 2. The van der Waals surface area contributed by atoms with Gasteiger partial charge in [-0.05, 0) is 24.6 Å². The third kappa shape index (κ3) is 3.50. The van der Waals surface area contributed by atoms with Gasteiger partial charge in [-0.2, -0.15) is 0 Å².